The number of hydrogen-bond acceptors (Lipinski definition) is 6. The number of hydrogen-bond donors (Lipinski definition) is 1. The summed E-state index contributed by atoms with van der Waals surface area (Å²) in [5.74, 6) is 1.75. The first kappa shape index (κ1) is 16.6. The quantitative estimate of drug-likeness (QED) is 0.773. The summed E-state index contributed by atoms with van der Waals surface area (Å²) in [5, 5.41) is 7.50. The van der Waals surface area contributed by atoms with Crippen LogP contribution >= 0.6 is 0 Å². The van der Waals surface area contributed by atoms with E-state index in [-0.39, 0.29) is 18.3 Å². The van der Waals surface area contributed by atoms with Gasteiger partial charge in [0.05, 0.1) is 11.0 Å². The first-order valence-electron chi connectivity index (χ1n) is 8.84. The van der Waals surface area contributed by atoms with E-state index in [1.165, 1.54) is 0 Å². The zero-order chi connectivity index (χ0) is 18.3. The molecule has 8 heteroatoms. The summed E-state index contributed by atoms with van der Waals surface area (Å²) in [5.41, 5.74) is 7.85. The van der Waals surface area contributed by atoms with Gasteiger partial charge in [-0.05, 0) is 40.7 Å². The van der Waals surface area contributed by atoms with E-state index < -0.39 is 0 Å². The Bertz CT molecular complexity index is 936. The number of aromatic nitrogens is 4. The van der Waals surface area contributed by atoms with Crippen LogP contribution in [0.2, 0.25) is 0 Å². The van der Waals surface area contributed by atoms with Gasteiger partial charge in [0, 0.05) is 13.1 Å². The molecule has 1 aliphatic rings. The van der Waals surface area contributed by atoms with E-state index in [4.69, 9.17) is 10.4 Å². The average molecular weight is 354 g/mol. The zero-order valence-corrected chi connectivity index (χ0v) is 14.9. The third-order valence-electron chi connectivity index (χ3n) is 4.90. The summed E-state index contributed by atoms with van der Waals surface area (Å²) in [4.78, 5) is 19.5. The predicted octanol–water partition coefficient (Wildman–Crippen LogP) is 2.17. The van der Waals surface area contributed by atoms with Gasteiger partial charge in [0.15, 0.2) is 17.3 Å². The summed E-state index contributed by atoms with van der Waals surface area (Å²) in [6, 6.07) is 7.66. The molecule has 0 unspecified atom stereocenters. The fraction of sp³-hybridized carbons (Fsp3) is 0.444. The molecular formula is C18H22N6O2. The Kier molecular flexibility index (Phi) is 4.10. The third-order valence-corrected chi connectivity index (χ3v) is 4.90. The maximum absolute atomic E-state index is 13.0. The van der Waals surface area contributed by atoms with Crippen molar-refractivity contribution >= 4 is 22.8 Å². The molecule has 0 bridgehead atoms. The first-order valence-corrected chi connectivity index (χ1v) is 8.84. The fourth-order valence-corrected chi connectivity index (χ4v) is 3.87. The lowest BCUT2D eigenvalue weighted by molar-refractivity contribution is -0.134. The molecule has 4 rings (SSSR count). The Morgan fingerprint density at radius 3 is 2.65 bits per heavy atom. The molecule has 0 saturated carbocycles. The number of carbonyl (C=O) groups excluding carboxylic acids is 1. The van der Waals surface area contributed by atoms with Crippen molar-refractivity contribution in [1.29, 1.82) is 0 Å². The Morgan fingerprint density at radius 1 is 1.23 bits per heavy atom. The van der Waals surface area contributed by atoms with Crippen LogP contribution in [0.3, 0.4) is 0 Å². The molecule has 1 fully saturated rings. The van der Waals surface area contributed by atoms with Crippen LogP contribution < -0.4 is 5.73 Å². The van der Waals surface area contributed by atoms with Gasteiger partial charge in [0.2, 0.25) is 5.91 Å². The van der Waals surface area contributed by atoms with Crippen LogP contribution in [0.15, 0.2) is 28.9 Å². The molecule has 3 aromatic rings. The molecule has 8 nitrogen and oxygen atoms in total. The highest BCUT2D eigenvalue weighted by molar-refractivity contribution is 5.85. The lowest BCUT2D eigenvalue weighted by Crippen LogP contribution is -2.44. The van der Waals surface area contributed by atoms with E-state index in [2.05, 4.69) is 29.1 Å². The number of fused-ring (bicyclic) bond motifs is 1. The minimum absolute atomic E-state index is 0.0721. The van der Waals surface area contributed by atoms with Crippen molar-refractivity contribution < 1.29 is 9.42 Å². The molecule has 136 valence electrons. The van der Waals surface area contributed by atoms with Crippen LogP contribution in [0.5, 0.6) is 0 Å². The Balaban J connectivity index is 1.71. The predicted molar refractivity (Wildman–Crippen MR) is 97.0 cm³/mol. The second kappa shape index (κ2) is 6.44. The van der Waals surface area contributed by atoms with Crippen LogP contribution in [0, 0.1) is 11.8 Å². The third kappa shape index (κ3) is 2.91. The van der Waals surface area contributed by atoms with Gasteiger partial charge in [0.25, 0.3) is 0 Å². The minimum atomic E-state index is 0.0721. The van der Waals surface area contributed by atoms with Gasteiger partial charge >= 0.3 is 0 Å². The van der Waals surface area contributed by atoms with E-state index in [0.29, 0.717) is 23.4 Å². The van der Waals surface area contributed by atoms with E-state index in [1.54, 1.807) is 0 Å². The van der Waals surface area contributed by atoms with Crippen molar-refractivity contribution in [1.82, 2.24) is 24.8 Å². The van der Waals surface area contributed by atoms with Gasteiger partial charge < -0.3 is 15.2 Å². The molecule has 2 atom stereocenters. The molecule has 1 aliphatic heterocycles. The summed E-state index contributed by atoms with van der Waals surface area (Å²) in [7, 11) is 0. The number of imidazole rings is 1. The van der Waals surface area contributed by atoms with Crippen LogP contribution in [0.1, 0.15) is 20.3 Å². The van der Waals surface area contributed by atoms with Crippen molar-refractivity contribution in [3.63, 3.8) is 0 Å². The van der Waals surface area contributed by atoms with Crippen molar-refractivity contribution in [2.75, 3.05) is 18.8 Å². The number of amides is 1. The highest BCUT2D eigenvalue weighted by atomic mass is 16.6. The van der Waals surface area contributed by atoms with Crippen LogP contribution in [-0.2, 0) is 11.3 Å². The summed E-state index contributed by atoms with van der Waals surface area (Å²) in [6.07, 6.45) is 1.16. The molecule has 26 heavy (non-hydrogen) atoms. The lowest BCUT2D eigenvalue weighted by atomic mass is 9.92. The largest absolute Gasteiger partial charge is 0.379 e. The molecule has 1 aromatic carbocycles. The SMILES string of the molecule is C[C@@H]1C[C@@H](C)CN(C(=O)Cn2c(-c3nonc3N)nc3ccccc32)C1. The monoisotopic (exact) mass is 354 g/mol. The highest BCUT2D eigenvalue weighted by Crippen LogP contribution is 2.27. The normalized spacial score (nSPS) is 20.6. The number of nitrogens with two attached hydrogens (primary N) is 1. The van der Waals surface area contributed by atoms with Gasteiger partial charge in [-0.2, -0.15) is 0 Å². The number of para-hydroxylation sites is 2. The van der Waals surface area contributed by atoms with Crippen molar-refractivity contribution in [2.45, 2.75) is 26.8 Å². The first-order chi connectivity index (χ1) is 12.5. The zero-order valence-electron chi connectivity index (χ0n) is 14.9. The number of piperidine rings is 1. The van der Waals surface area contributed by atoms with Gasteiger partial charge in [-0.15, -0.1) is 0 Å². The van der Waals surface area contributed by atoms with Crippen molar-refractivity contribution in [2.24, 2.45) is 11.8 Å². The number of rotatable bonds is 3. The minimum Gasteiger partial charge on any atom is -0.379 e. The molecule has 1 saturated heterocycles. The van der Waals surface area contributed by atoms with Gasteiger partial charge in [-0.3, -0.25) is 4.79 Å². The lowest BCUT2D eigenvalue weighted by Gasteiger charge is -2.35. The van der Waals surface area contributed by atoms with E-state index in [1.807, 2.05) is 33.7 Å². The number of carbonyl (C=O) groups is 1. The maximum Gasteiger partial charge on any atom is 0.242 e. The van der Waals surface area contributed by atoms with Gasteiger partial charge in [-0.1, -0.05) is 26.0 Å². The van der Waals surface area contributed by atoms with Crippen LogP contribution in [-0.4, -0.2) is 43.8 Å². The van der Waals surface area contributed by atoms with Crippen LogP contribution in [0.25, 0.3) is 22.6 Å². The molecule has 0 spiro atoms. The van der Waals surface area contributed by atoms with Gasteiger partial charge in [-0.25, -0.2) is 9.61 Å². The topological polar surface area (TPSA) is 103 Å². The molecule has 0 radical (unpaired) electrons. The van der Waals surface area contributed by atoms with E-state index >= 15 is 0 Å². The average Bonchev–Trinajstić information content (AvgIpc) is 3.17. The standard InChI is InChI=1S/C18H22N6O2/c1-11-7-12(2)9-23(8-11)15(25)10-24-14-6-4-3-5-13(14)20-18(24)16-17(19)22-26-21-16/h3-6,11-12H,7-10H2,1-2H3,(H2,19,22)/t11-,12-/m1/s1. The number of benzene rings is 1. The maximum atomic E-state index is 13.0. The Morgan fingerprint density at radius 2 is 1.96 bits per heavy atom. The molecule has 2 N–H and O–H groups in total. The molecular weight excluding hydrogens is 332 g/mol. The number of nitrogen functional groups attached to an aromatic ring is 1. The number of likely N-dealkylation sites (tertiary alicyclic amines) is 1. The Labute approximate surface area is 150 Å². The van der Waals surface area contributed by atoms with E-state index in [9.17, 15) is 4.79 Å². The van der Waals surface area contributed by atoms with Crippen molar-refractivity contribution in [3.05, 3.63) is 24.3 Å². The highest BCUT2D eigenvalue weighted by Gasteiger charge is 2.27. The number of anilines is 1. The second-order valence-corrected chi connectivity index (χ2v) is 7.25. The fourth-order valence-electron chi connectivity index (χ4n) is 3.87. The van der Waals surface area contributed by atoms with Gasteiger partial charge in [0.1, 0.15) is 6.54 Å². The number of nitrogens with zero attached hydrogens (tertiary/aromatic N) is 5. The van der Waals surface area contributed by atoms with Crippen molar-refractivity contribution in [3.8, 4) is 11.5 Å². The molecule has 1 amide bonds. The Hall–Kier alpha value is -2.90. The summed E-state index contributed by atoms with van der Waals surface area (Å²) >= 11 is 0. The summed E-state index contributed by atoms with van der Waals surface area (Å²) in [6.45, 7) is 6.14. The summed E-state index contributed by atoms with van der Waals surface area (Å²) < 4.78 is 6.57. The van der Waals surface area contributed by atoms with Crippen LogP contribution in [0.4, 0.5) is 5.82 Å². The smallest absolute Gasteiger partial charge is 0.242 e. The molecule has 2 aromatic heterocycles. The second-order valence-electron chi connectivity index (χ2n) is 7.25. The molecule has 3 heterocycles. The molecule has 0 aliphatic carbocycles. The van der Waals surface area contributed by atoms with E-state index in [0.717, 1.165) is 30.5 Å².